The molecular formula is C19H18N4O3. The molecule has 2 heterocycles. The number of hydrogen-bond donors (Lipinski definition) is 3. The van der Waals surface area contributed by atoms with Crippen LogP contribution in [0.4, 0.5) is 16.2 Å². The van der Waals surface area contributed by atoms with Crippen molar-refractivity contribution in [2.75, 3.05) is 24.2 Å². The molecule has 3 amide bonds. The van der Waals surface area contributed by atoms with Gasteiger partial charge < -0.3 is 21.1 Å². The fourth-order valence-electron chi connectivity index (χ4n) is 3.41. The van der Waals surface area contributed by atoms with E-state index in [0.717, 1.165) is 5.56 Å². The van der Waals surface area contributed by atoms with Crippen LogP contribution in [0.25, 0.3) is 0 Å². The summed E-state index contributed by atoms with van der Waals surface area (Å²) in [5.74, 6) is -0.0681. The third kappa shape index (κ3) is 2.36. The lowest BCUT2D eigenvalue weighted by molar-refractivity contribution is -0.114. The Morgan fingerprint density at radius 3 is 2.50 bits per heavy atom. The lowest BCUT2D eigenvalue weighted by Crippen LogP contribution is -2.45. The summed E-state index contributed by atoms with van der Waals surface area (Å²) in [4.78, 5) is 28.6. The first-order valence-electron chi connectivity index (χ1n) is 8.20. The van der Waals surface area contributed by atoms with E-state index in [9.17, 15) is 14.7 Å². The SMILES string of the molecule is CN1C(=O)N[C@H](c2ccc(O)cc2)C2=C1CN(c1ccccc1N)C2=O. The summed E-state index contributed by atoms with van der Waals surface area (Å²) in [5, 5.41) is 12.4. The molecule has 0 saturated heterocycles. The van der Waals surface area contributed by atoms with Gasteiger partial charge in [-0.25, -0.2) is 4.79 Å². The Bertz CT molecular complexity index is 936. The molecule has 0 fully saturated rings. The number of phenols is 1. The molecule has 2 aliphatic rings. The van der Waals surface area contributed by atoms with Crippen molar-refractivity contribution < 1.29 is 14.7 Å². The highest BCUT2D eigenvalue weighted by atomic mass is 16.3. The van der Waals surface area contributed by atoms with Gasteiger partial charge in [-0.2, -0.15) is 0 Å². The minimum Gasteiger partial charge on any atom is -0.508 e. The predicted octanol–water partition coefficient (Wildman–Crippen LogP) is 1.97. The Hall–Kier alpha value is -3.48. The monoisotopic (exact) mass is 350 g/mol. The van der Waals surface area contributed by atoms with Crippen molar-refractivity contribution in [3.63, 3.8) is 0 Å². The van der Waals surface area contributed by atoms with Crippen LogP contribution in [0.2, 0.25) is 0 Å². The summed E-state index contributed by atoms with van der Waals surface area (Å²) < 4.78 is 0. The Morgan fingerprint density at radius 1 is 1.12 bits per heavy atom. The van der Waals surface area contributed by atoms with Crippen molar-refractivity contribution >= 4 is 23.3 Å². The standard InChI is InChI=1S/C19H18N4O3/c1-22-15-10-23(14-5-3-2-4-13(14)20)18(25)16(15)17(21-19(22)26)11-6-8-12(24)9-7-11/h2-9,17,24H,10,20H2,1H3,(H,21,26)/t17-/m1/s1. The van der Waals surface area contributed by atoms with Crippen molar-refractivity contribution in [3.8, 4) is 5.75 Å². The van der Waals surface area contributed by atoms with Crippen molar-refractivity contribution in [2.24, 2.45) is 0 Å². The Labute approximate surface area is 150 Å². The van der Waals surface area contributed by atoms with Crippen molar-refractivity contribution in [1.82, 2.24) is 10.2 Å². The third-order valence-corrected chi connectivity index (χ3v) is 4.81. The van der Waals surface area contributed by atoms with E-state index < -0.39 is 6.04 Å². The minimum absolute atomic E-state index is 0.124. The molecule has 0 aliphatic carbocycles. The number of hydrogen-bond acceptors (Lipinski definition) is 4. The molecule has 2 aliphatic heterocycles. The number of carbonyl (C=O) groups is 2. The molecule has 132 valence electrons. The van der Waals surface area contributed by atoms with Crippen molar-refractivity contribution in [3.05, 3.63) is 65.4 Å². The van der Waals surface area contributed by atoms with Crippen molar-refractivity contribution in [2.45, 2.75) is 6.04 Å². The molecule has 0 aromatic heterocycles. The van der Waals surface area contributed by atoms with Crippen molar-refractivity contribution in [1.29, 1.82) is 0 Å². The van der Waals surface area contributed by atoms with E-state index in [0.29, 0.717) is 22.6 Å². The second-order valence-corrected chi connectivity index (χ2v) is 6.34. The Morgan fingerprint density at radius 2 is 1.81 bits per heavy atom. The van der Waals surface area contributed by atoms with E-state index in [4.69, 9.17) is 5.73 Å². The number of anilines is 2. The molecule has 0 radical (unpaired) electrons. The summed E-state index contributed by atoms with van der Waals surface area (Å²) in [5.41, 5.74) is 9.06. The van der Waals surface area contributed by atoms with E-state index in [1.807, 2.05) is 12.1 Å². The van der Waals surface area contributed by atoms with Crippen LogP contribution < -0.4 is 16.0 Å². The maximum Gasteiger partial charge on any atom is 0.322 e. The molecule has 1 atom stereocenters. The van der Waals surface area contributed by atoms with Crippen LogP contribution >= 0.6 is 0 Å². The first kappa shape index (κ1) is 16.0. The third-order valence-electron chi connectivity index (χ3n) is 4.81. The number of aromatic hydroxyl groups is 1. The molecular weight excluding hydrogens is 332 g/mol. The number of rotatable bonds is 2. The Balaban J connectivity index is 1.78. The normalized spacial score (nSPS) is 19.7. The zero-order valence-electron chi connectivity index (χ0n) is 14.1. The number of likely N-dealkylation sites (N-methyl/N-ethyl adjacent to an activating group) is 1. The maximum atomic E-state index is 13.2. The van der Waals surface area contributed by atoms with Crippen LogP contribution in [0.15, 0.2) is 59.8 Å². The molecule has 0 unspecified atom stereocenters. The molecule has 7 heteroatoms. The van der Waals surface area contributed by atoms with E-state index in [-0.39, 0.29) is 24.2 Å². The van der Waals surface area contributed by atoms with Crippen LogP contribution in [0.5, 0.6) is 5.75 Å². The van der Waals surface area contributed by atoms with Gasteiger partial charge in [-0.15, -0.1) is 0 Å². The predicted molar refractivity (Wildman–Crippen MR) is 97.4 cm³/mol. The highest BCUT2D eigenvalue weighted by molar-refractivity contribution is 6.12. The quantitative estimate of drug-likeness (QED) is 0.721. The lowest BCUT2D eigenvalue weighted by atomic mass is 9.95. The summed E-state index contributed by atoms with van der Waals surface area (Å²) in [6.45, 7) is 0.279. The highest BCUT2D eigenvalue weighted by Gasteiger charge is 2.43. The fraction of sp³-hybridized carbons (Fsp3) is 0.158. The first-order chi connectivity index (χ1) is 12.5. The molecule has 4 rings (SSSR count). The molecule has 0 bridgehead atoms. The number of nitrogens with two attached hydrogens (primary N) is 1. The fourth-order valence-corrected chi connectivity index (χ4v) is 3.41. The van der Waals surface area contributed by atoms with E-state index >= 15 is 0 Å². The topological polar surface area (TPSA) is 98.9 Å². The Kier molecular flexibility index (Phi) is 3.57. The second kappa shape index (κ2) is 5.80. The molecule has 0 saturated carbocycles. The maximum absolute atomic E-state index is 13.2. The number of nitrogen functional groups attached to an aromatic ring is 1. The molecule has 4 N–H and O–H groups in total. The summed E-state index contributed by atoms with van der Waals surface area (Å²) >= 11 is 0. The summed E-state index contributed by atoms with van der Waals surface area (Å²) in [6.07, 6.45) is 0. The number of para-hydroxylation sites is 2. The number of carbonyl (C=O) groups excluding carboxylic acids is 2. The number of nitrogens with zero attached hydrogens (tertiary/aromatic N) is 2. The van der Waals surface area contributed by atoms with E-state index in [1.54, 1.807) is 36.2 Å². The van der Waals surface area contributed by atoms with Crippen LogP contribution in [-0.2, 0) is 4.79 Å². The van der Waals surface area contributed by atoms with Gasteiger partial charge in [0.1, 0.15) is 5.75 Å². The van der Waals surface area contributed by atoms with Crippen LogP contribution in [0.3, 0.4) is 0 Å². The number of benzene rings is 2. The molecule has 26 heavy (non-hydrogen) atoms. The first-order valence-corrected chi connectivity index (χ1v) is 8.20. The van der Waals surface area contributed by atoms with Crippen LogP contribution in [0, 0.1) is 0 Å². The molecule has 0 spiro atoms. The van der Waals surface area contributed by atoms with E-state index in [2.05, 4.69) is 5.32 Å². The molecule has 2 aromatic rings. The summed E-state index contributed by atoms with van der Waals surface area (Å²) in [7, 11) is 1.64. The van der Waals surface area contributed by atoms with Gasteiger partial charge in [0.25, 0.3) is 5.91 Å². The second-order valence-electron chi connectivity index (χ2n) is 6.34. The number of urea groups is 1. The smallest absolute Gasteiger partial charge is 0.322 e. The van der Waals surface area contributed by atoms with Gasteiger partial charge in [0.05, 0.1) is 35.2 Å². The van der Waals surface area contributed by atoms with Gasteiger partial charge in [0.2, 0.25) is 0 Å². The van der Waals surface area contributed by atoms with E-state index in [1.165, 1.54) is 17.0 Å². The van der Waals surface area contributed by atoms with Gasteiger partial charge >= 0.3 is 6.03 Å². The zero-order chi connectivity index (χ0) is 18.4. The largest absolute Gasteiger partial charge is 0.508 e. The van der Waals surface area contributed by atoms with Gasteiger partial charge in [-0.05, 0) is 29.8 Å². The number of phenolic OH excluding ortho intramolecular Hbond substituents is 1. The summed E-state index contributed by atoms with van der Waals surface area (Å²) in [6, 6.07) is 12.8. The molecule has 7 nitrogen and oxygen atoms in total. The molecule has 2 aromatic carbocycles. The number of amides is 3. The average molecular weight is 350 g/mol. The van der Waals surface area contributed by atoms with Gasteiger partial charge in [-0.1, -0.05) is 24.3 Å². The van der Waals surface area contributed by atoms with Crippen LogP contribution in [0.1, 0.15) is 11.6 Å². The highest BCUT2D eigenvalue weighted by Crippen LogP contribution is 2.39. The average Bonchev–Trinajstić information content (AvgIpc) is 2.97. The van der Waals surface area contributed by atoms with Gasteiger partial charge in [0, 0.05) is 7.05 Å². The zero-order valence-corrected chi connectivity index (χ0v) is 14.1. The van der Waals surface area contributed by atoms with Gasteiger partial charge in [0.15, 0.2) is 0 Å². The minimum atomic E-state index is -0.572. The number of nitrogens with one attached hydrogen (secondary N) is 1. The van der Waals surface area contributed by atoms with Crippen LogP contribution in [-0.4, -0.2) is 35.5 Å². The lowest BCUT2D eigenvalue weighted by Gasteiger charge is -2.31. The van der Waals surface area contributed by atoms with Gasteiger partial charge in [-0.3, -0.25) is 9.69 Å².